The van der Waals surface area contributed by atoms with Crippen LogP contribution in [-0.4, -0.2) is 40.0 Å². The van der Waals surface area contributed by atoms with Crippen molar-refractivity contribution in [1.82, 2.24) is 9.62 Å². The molecular weight excluding hydrogens is 328 g/mol. The van der Waals surface area contributed by atoms with Crippen molar-refractivity contribution >= 4 is 26.0 Å². The molecule has 1 aromatic carbocycles. The maximum atomic E-state index is 12.1. The molecule has 0 aliphatic carbocycles. The molecule has 0 bridgehead atoms. The lowest BCUT2D eigenvalue weighted by Crippen LogP contribution is -2.39. The van der Waals surface area contributed by atoms with E-state index in [9.17, 15) is 8.42 Å². The van der Waals surface area contributed by atoms with Crippen molar-refractivity contribution in [1.29, 1.82) is 0 Å². The predicted molar refractivity (Wildman–Crippen MR) is 79.6 cm³/mol. The minimum atomic E-state index is -3.38. The third-order valence-corrected chi connectivity index (χ3v) is 5.38. The molecule has 0 amide bonds. The van der Waals surface area contributed by atoms with Gasteiger partial charge in [0, 0.05) is 17.6 Å². The fourth-order valence-electron chi connectivity index (χ4n) is 2.36. The normalized spacial score (nSPS) is 21.5. The number of nitrogens with one attached hydrogen (secondary N) is 1. The maximum Gasteiger partial charge on any atom is 0.240 e. The standard InChI is InChI=1S/C13H19BrN2O2S/c1-16-8-2-3-11(10-16)9-15-19(17,18)13-6-4-12(14)5-7-13/h4-7,11,15H,2-3,8-10H2,1H3. The lowest BCUT2D eigenvalue weighted by molar-refractivity contribution is 0.211. The average molecular weight is 347 g/mol. The number of rotatable bonds is 4. The largest absolute Gasteiger partial charge is 0.306 e. The van der Waals surface area contributed by atoms with Gasteiger partial charge in [0.1, 0.15) is 0 Å². The van der Waals surface area contributed by atoms with E-state index in [0.717, 1.165) is 30.4 Å². The van der Waals surface area contributed by atoms with Crippen LogP contribution in [0.3, 0.4) is 0 Å². The van der Waals surface area contributed by atoms with Gasteiger partial charge in [0.05, 0.1) is 4.90 Å². The third-order valence-electron chi connectivity index (χ3n) is 3.41. The number of piperidine rings is 1. The van der Waals surface area contributed by atoms with E-state index in [-0.39, 0.29) is 0 Å². The highest BCUT2D eigenvalue weighted by Crippen LogP contribution is 2.17. The molecule has 1 N–H and O–H groups in total. The topological polar surface area (TPSA) is 49.4 Å². The van der Waals surface area contributed by atoms with Crippen molar-refractivity contribution in [2.24, 2.45) is 5.92 Å². The van der Waals surface area contributed by atoms with E-state index in [2.05, 4.69) is 32.6 Å². The smallest absolute Gasteiger partial charge is 0.240 e. The van der Waals surface area contributed by atoms with E-state index in [1.807, 2.05) is 0 Å². The molecule has 19 heavy (non-hydrogen) atoms. The fraction of sp³-hybridized carbons (Fsp3) is 0.538. The van der Waals surface area contributed by atoms with E-state index >= 15 is 0 Å². The second-order valence-corrected chi connectivity index (χ2v) is 7.76. The first-order valence-corrected chi connectivity index (χ1v) is 8.69. The summed E-state index contributed by atoms with van der Waals surface area (Å²) >= 11 is 3.30. The molecule has 106 valence electrons. The molecule has 1 aliphatic rings. The van der Waals surface area contributed by atoms with Crippen molar-refractivity contribution in [2.45, 2.75) is 17.7 Å². The van der Waals surface area contributed by atoms with Crippen LogP contribution < -0.4 is 4.72 Å². The van der Waals surface area contributed by atoms with Crippen LogP contribution in [0.4, 0.5) is 0 Å². The van der Waals surface area contributed by atoms with Crippen LogP contribution in [0.15, 0.2) is 33.6 Å². The Balaban J connectivity index is 1.96. The molecule has 6 heteroatoms. The predicted octanol–water partition coefficient (Wildman–Crippen LogP) is 2.07. The van der Waals surface area contributed by atoms with E-state index in [0.29, 0.717) is 17.4 Å². The van der Waals surface area contributed by atoms with Gasteiger partial charge in [-0.3, -0.25) is 0 Å². The summed E-state index contributed by atoms with van der Waals surface area (Å²) in [6.07, 6.45) is 2.23. The molecule has 0 saturated carbocycles. The zero-order valence-electron chi connectivity index (χ0n) is 11.0. The van der Waals surface area contributed by atoms with Crippen molar-refractivity contribution in [2.75, 3.05) is 26.7 Å². The van der Waals surface area contributed by atoms with Crippen LogP contribution >= 0.6 is 15.9 Å². The van der Waals surface area contributed by atoms with Crippen molar-refractivity contribution in [3.05, 3.63) is 28.7 Å². The van der Waals surface area contributed by atoms with Crippen LogP contribution in [0, 0.1) is 5.92 Å². The Morgan fingerprint density at radius 3 is 2.68 bits per heavy atom. The Morgan fingerprint density at radius 1 is 1.37 bits per heavy atom. The summed E-state index contributed by atoms with van der Waals surface area (Å²) < 4.78 is 27.8. The lowest BCUT2D eigenvalue weighted by atomic mass is 9.99. The molecule has 1 unspecified atom stereocenters. The van der Waals surface area contributed by atoms with E-state index in [4.69, 9.17) is 0 Å². The lowest BCUT2D eigenvalue weighted by Gasteiger charge is -2.29. The minimum Gasteiger partial charge on any atom is -0.306 e. The summed E-state index contributed by atoms with van der Waals surface area (Å²) in [6, 6.07) is 6.70. The van der Waals surface area contributed by atoms with Gasteiger partial charge < -0.3 is 4.90 Å². The molecule has 1 fully saturated rings. The fourth-order valence-corrected chi connectivity index (χ4v) is 3.74. The Bertz CT molecular complexity index is 516. The number of likely N-dealkylation sites (tertiary alicyclic amines) is 1. The molecule has 2 rings (SSSR count). The molecular formula is C13H19BrN2O2S. The highest BCUT2D eigenvalue weighted by molar-refractivity contribution is 9.10. The molecule has 1 atom stereocenters. The molecule has 1 aromatic rings. The van der Waals surface area contributed by atoms with Crippen LogP contribution in [-0.2, 0) is 10.0 Å². The summed E-state index contributed by atoms with van der Waals surface area (Å²) in [7, 11) is -1.30. The SMILES string of the molecule is CN1CCCC(CNS(=O)(=O)c2ccc(Br)cc2)C1. The number of hydrogen-bond acceptors (Lipinski definition) is 3. The molecule has 0 radical (unpaired) electrons. The van der Waals surface area contributed by atoms with Gasteiger partial charge in [0.25, 0.3) is 0 Å². The van der Waals surface area contributed by atoms with Gasteiger partial charge in [-0.05, 0) is 56.6 Å². The average Bonchev–Trinajstić information content (AvgIpc) is 2.37. The van der Waals surface area contributed by atoms with Gasteiger partial charge in [0.2, 0.25) is 10.0 Å². The Morgan fingerprint density at radius 2 is 2.05 bits per heavy atom. The summed E-state index contributed by atoms with van der Waals surface area (Å²) in [5, 5.41) is 0. The second kappa shape index (κ2) is 6.35. The Kier molecular flexibility index (Phi) is 5.00. The first-order chi connectivity index (χ1) is 8.97. The second-order valence-electron chi connectivity index (χ2n) is 5.08. The van der Waals surface area contributed by atoms with Gasteiger partial charge in [-0.1, -0.05) is 15.9 Å². The van der Waals surface area contributed by atoms with Crippen LogP contribution in [0.1, 0.15) is 12.8 Å². The van der Waals surface area contributed by atoms with Crippen molar-refractivity contribution in [3.63, 3.8) is 0 Å². The quantitative estimate of drug-likeness (QED) is 0.907. The maximum absolute atomic E-state index is 12.1. The number of benzene rings is 1. The number of hydrogen-bond donors (Lipinski definition) is 1. The van der Waals surface area contributed by atoms with Gasteiger partial charge in [0.15, 0.2) is 0 Å². The van der Waals surface area contributed by atoms with E-state index in [1.165, 1.54) is 0 Å². The summed E-state index contributed by atoms with van der Waals surface area (Å²) in [5.41, 5.74) is 0. The first kappa shape index (κ1) is 15.0. The zero-order valence-corrected chi connectivity index (χ0v) is 13.4. The summed E-state index contributed by atoms with van der Waals surface area (Å²) in [4.78, 5) is 2.57. The minimum absolute atomic E-state index is 0.319. The molecule has 0 spiro atoms. The highest BCUT2D eigenvalue weighted by Gasteiger charge is 2.20. The third kappa shape index (κ3) is 4.27. The van der Waals surface area contributed by atoms with Crippen LogP contribution in [0.25, 0.3) is 0 Å². The monoisotopic (exact) mass is 346 g/mol. The molecule has 1 saturated heterocycles. The first-order valence-electron chi connectivity index (χ1n) is 6.41. The molecule has 1 heterocycles. The molecule has 0 aromatic heterocycles. The number of nitrogens with zero attached hydrogens (tertiary/aromatic N) is 1. The zero-order chi connectivity index (χ0) is 13.9. The van der Waals surface area contributed by atoms with Gasteiger partial charge in [-0.15, -0.1) is 0 Å². The molecule has 4 nitrogen and oxygen atoms in total. The Labute approximate surface area is 123 Å². The van der Waals surface area contributed by atoms with E-state index in [1.54, 1.807) is 24.3 Å². The van der Waals surface area contributed by atoms with Gasteiger partial charge in [-0.25, -0.2) is 13.1 Å². The van der Waals surface area contributed by atoms with Gasteiger partial charge in [-0.2, -0.15) is 0 Å². The van der Waals surface area contributed by atoms with Crippen molar-refractivity contribution in [3.8, 4) is 0 Å². The highest BCUT2D eigenvalue weighted by atomic mass is 79.9. The van der Waals surface area contributed by atoms with Crippen LogP contribution in [0.5, 0.6) is 0 Å². The van der Waals surface area contributed by atoms with E-state index < -0.39 is 10.0 Å². The summed E-state index contributed by atoms with van der Waals surface area (Å²) in [5.74, 6) is 0.406. The van der Waals surface area contributed by atoms with Crippen LogP contribution in [0.2, 0.25) is 0 Å². The summed E-state index contributed by atoms with van der Waals surface area (Å²) in [6.45, 7) is 2.58. The van der Waals surface area contributed by atoms with Crippen molar-refractivity contribution < 1.29 is 8.42 Å². The van der Waals surface area contributed by atoms with Gasteiger partial charge >= 0.3 is 0 Å². The molecule has 1 aliphatic heterocycles. The Hall–Kier alpha value is -0.430. The number of sulfonamides is 1. The number of halogens is 1.